The van der Waals surface area contributed by atoms with E-state index in [-0.39, 0.29) is 29.8 Å². The maximum atomic E-state index is 12.4. The molecular weight excluding hydrogens is 240 g/mol. The van der Waals surface area contributed by atoms with Gasteiger partial charge in [0.25, 0.3) is 0 Å². The summed E-state index contributed by atoms with van der Waals surface area (Å²) in [6, 6.07) is -0.703. The van der Waals surface area contributed by atoms with E-state index in [0.29, 0.717) is 6.54 Å². The molecule has 0 aromatic carbocycles. The Morgan fingerprint density at radius 2 is 2.16 bits per heavy atom. The summed E-state index contributed by atoms with van der Waals surface area (Å²) in [7, 11) is 0. The second-order valence-electron chi connectivity index (χ2n) is 5.94. The number of allylic oxidation sites excluding steroid dienone is 1. The lowest BCUT2D eigenvalue weighted by Gasteiger charge is -2.39. The Morgan fingerprint density at radius 1 is 1.42 bits per heavy atom. The number of piperazine rings is 1. The average molecular weight is 264 g/mol. The number of carbonyl (C=O) groups excluding carboxylic acids is 2. The van der Waals surface area contributed by atoms with Crippen LogP contribution < -0.4 is 5.32 Å². The van der Waals surface area contributed by atoms with Crippen LogP contribution in [0.3, 0.4) is 0 Å². The Balaban J connectivity index is 2.02. The molecule has 2 unspecified atom stereocenters. The van der Waals surface area contributed by atoms with E-state index in [1.807, 2.05) is 20.8 Å². The van der Waals surface area contributed by atoms with E-state index in [2.05, 4.69) is 11.4 Å². The summed E-state index contributed by atoms with van der Waals surface area (Å²) in [6.45, 7) is 6.42. The first-order valence-electron chi connectivity index (χ1n) is 7.29. The van der Waals surface area contributed by atoms with Crippen molar-refractivity contribution in [3.05, 3.63) is 11.6 Å². The van der Waals surface area contributed by atoms with Gasteiger partial charge in [-0.3, -0.25) is 9.59 Å². The summed E-state index contributed by atoms with van der Waals surface area (Å²) in [4.78, 5) is 26.1. The quantitative estimate of drug-likeness (QED) is 0.788. The molecule has 2 aliphatic rings. The monoisotopic (exact) mass is 264 g/mol. The average Bonchev–Trinajstić information content (AvgIpc) is 2.86. The van der Waals surface area contributed by atoms with Crippen LogP contribution in [0.2, 0.25) is 0 Å². The van der Waals surface area contributed by atoms with Crippen molar-refractivity contribution >= 4 is 11.8 Å². The largest absolute Gasteiger partial charge is 0.342 e. The molecule has 1 N–H and O–H groups in total. The third-order valence-corrected chi connectivity index (χ3v) is 4.17. The number of amides is 2. The molecular formula is C15H24N2O2. The maximum absolute atomic E-state index is 12.4. The maximum Gasteiger partial charge on any atom is 0.246 e. The first kappa shape index (κ1) is 14.1. The van der Waals surface area contributed by atoms with E-state index in [1.54, 1.807) is 4.90 Å². The first-order chi connectivity index (χ1) is 9.00. The highest BCUT2D eigenvalue weighted by Gasteiger charge is 2.39. The van der Waals surface area contributed by atoms with E-state index < -0.39 is 0 Å². The number of rotatable bonds is 4. The fourth-order valence-corrected chi connectivity index (χ4v) is 2.83. The van der Waals surface area contributed by atoms with Gasteiger partial charge in [0.2, 0.25) is 11.8 Å². The highest BCUT2D eigenvalue weighted by atomic mass is 16.2. The molecule has 1 fully saturated rings. The van der Waals surface area contributed by atoms with Crippen molar-refractivity contribution in [2.24, 2.45) is 5.92 Å². The predicted octanol–water partition coefficient (Wildman–Crippen LogP) is 1.86. The molecule has 2 atom stereocenters. The molecule has 0 aromatic heterocycles. The molecule has 2 amide bonds. The molecule has 1 aliphatic heterocycles. The first-order valence-corrected chi connectivity index (χ1v) is 7.29. The van der Waals surface area contributed by atoms with Crippen LogP contribution in [-0.4, -0.2) is 35.3 Å². The minimum absolute atomic E-state index is 0.0290. The molecule has 1 heterocycles. The van der Waals surface area contributed by atoms with Gasteiger partial charge in [-0.2, -0.15) is 0 Å². The normalized spacial score (nSPS) is 27.8. The Morgan fingerprint density at radius 3 is 2.74 bits per heavy atom. The van der Waals surface area contributed by atoms with Gasteiger partial charge >= 0.3 is 0 Å². The summed E-state index contributed by atoms with van der Waals surface area (Å²) < 4.78 is 0. The van der Waals surface area contributed by atoms with Crippen LogP contribution in [0.15, 0.2) is 11.6 Å². The van der Waals surface area contributed by atoms with Gasteiger partial charge in [0.05, 0.1) is 0 Å². The van der Waals surface area contributed by atoms with E-state index in [1.165, 1.54) is 12.0 Å². The molecule has 0 spiro atoms. The van der Waals surface area contributed by atoms with Gasteiger partial charge in [0, 0.05) is 6.54 Å². The molecule has 0 bridgehead atoms. The highest BCUT2D eigenvalue weighted by Crippen LogP contribution is 2.22. The summed E-state index contributed by atoms with van der Waals surface area (Å²) in [5, 5.41) is 2.83. The number of hydrogen-bond acceptors (Lipinski definition) is 2. The molecule has 4 heteroatoms. The molecule has 106 valence electrons. The Bertz CT molecular complexity index is 401. The van der Waals surface area contributed by atoms with Crippen molar-refractivity contribution in [3.8, 4) is 0 Å². The van der Waals surface area contributed by atoms with Gasteiger partial charge in [0.1, 0.15) is 12.1 Å². The van der Waals surface area contributed by atoms with Gasteiger partial charge in [-0.1, -0.05) is 25.5 Å². The minimum atomic E-state index is -0.360. The minimum Gasteiger partial charge on any atom is -0.342 e. The van der Waals surface area contributed by atoms with Crippen molar-refractivity contribution in [1.29, 1.82) is 0 Å². The van der Waals surface area contributed by atoms with E-state index >= 15 is 0 Å². The van der Waals surface area contributed by atoms with Gasteiger partial charge < -0.3 is 10.2 Å². The fourth-order valence-electron chi connectivity index (χ4n) is 2.83. The Labute approximate surface area is 115 Å². The highest BCUT2D eigenvalue weighted by molar-refractivity contribution is 5.96. The van der Waals surface area contributed by atoms with Gasteiger partial charge in [-0.25, -0.2) is 0 Å². The van der Waals surface area contributed by atoms with E-state index in [0.717, 1.165) is 19.3 Å². The predicted molar refractivity (Wildman–Crippen MR) is 74.5 cm³/mol. The standard InChI is InChI=1S/C15H24N2O2/c1-10(2)13-15(19)17(11(3)14(18)16-13)9-8-12-6-4-5-7-12/h6,10-11,13H,4-5,7-9H2,1-3H3,(H,16,18). The van der Waals surface area contributed by atoms with Crippen LogP contribution >= 0.6 is 0 Å². The number of nitrogens with one attached hydrogen (secondary N) is 1. The van der Waals surface area contributed by atoms with Crippen molar-refractivity contribution in [1.82, 2.24) is 10.2 Å². The van der Waals surface area contributed by atoms with E-state index in [4.69, 9.17) is 0 Å². The zero-order valence-electron chi connectivity index (χ0n) is 12.1. The van der Waals surface area contributed by atoms with Crippen LogP contribution in [0.4, 0.5) is 0 Å². The smallest absolute Gasteiger partial charge is 0.246 e. The second-order valence-corrected chi connectivity index (χ2v) is 5.94. The topological polar surface area (TPSA) is 49.4 Å². The van der Waals surface area contributed by atoms with Crippen LogP contribution in [0.5, 0.6) is 0 Å². The molecule has 0 aromatic rings. The van der Waals surface area contributed by atoms with Crippen molar-refractivity contribution < 1.29 is 9.59 Å². The van der Waals surface area contributed by atoms with E-state index in [9.17, 15) is 9.59 Å². The zero-order valence-corrected chi connectivity index (χ0v) is 12.1. The van der Waals surface area contributed by atoms with Crippen LogP contribution in [0, 0.1) is 5.92 Å². The fraction of sp³-hybridized carbons (Fsp3) is 0.733. The van der Waals surface area contributed by atoms with Gasteiger partial charge in [0.15, 0.2) is 0 Å². The van der Waals surface area contributed by atoms with Gasteiger partial charge in [-0.15, -0.1) is 0 Å². The van der Waals surface area contributed by atoms with Crippen LogP contribution in [0.25, 0.3) is 0 Å². The molecule has 4 nitrogen and oxygen atoms in total. The van der Waals surface area contributed by atoms with Crippen molar-refractivity contribution in [2.75, 3.05) is 6.54 Å². The summed E-state index contributed by atoms with van der Waals surface area (Å²) >= 11 is 0. The lowest BCUT2D eigenvalue weighted by atomic mass is 9.98. The van der Waals surface area contributed by atoms with Crippen molar-refractivity contribution in [2.45, 2.75) is 58.5 Å². The number of nitrogens with zero attached hydrogens (tertiary/aromatic N) is 1. The molecule has 1 aliphatic carbocycles. The number of carbonyl (C=O) groups is 2. The van der Waals surface area contributed by atoms with Crippen LogP contribution in [0.1, 0.15) is 46.5 Å². The van der Waals surface area contributed by atoms with Crippen molar-refractivity contribution in [3.63, 3.8) is 0 Å². The van der Waals surface area contributed by atoms with Crippen LogP contribution in [-0.2, 0) is 9.59 Å². The molecule has 1 saturated heterocycles. The lowest BCUT2D eigenvalue weighted by Crippen LogP contribution is -2.63. The van der Waals surface area contributed by atoms with Gasteiger partial charge in [-0.05, 0) is 38.5 Å². The summed E-state index contributed by atoms with van der Waals surface area (Å²) in [5.41, 5.74) is 1.44. The SMILES string of the molecule is CC(C)C1NC(=O)C(C)N(CCC2=CCCC2)C1=O. The third kappa shape index (κ3) is 2.99. The number of hydrogen-bond donors (Lipinski definition) is 1. The molecule has 2 rings (SSSR count). The molecule has 0 saturated carbocycles. The Hall–Kier alpha value is -1.32. The zero-order chi connectivity index (χ0) is 14.0. The second kappa shape index (κ2) is 5.76. The summed E-state index contributed by atoms with van der Waals surface area (Å²) in [5.74, 6) is 0.177. The molecule has 19 heavy (non-hydrogen) atoms. The lowest BCUT2D eigenvalue weighted by molar-refractivity contribution is -0.149. The summed E-state index contributed by atoms with van der Waals surface area (Å²) in [6.07, 6.45) is 6.73. The Kier molecular flexibility index (Phi) is 4.27. The third-order valence-electron chi connectivity index (χ3n) is 4.17. The molecule has 0 radical (unpaired) electrons.